The van der Waals surface area contributed by atoms with Gasteiger partial charge in [0, 0.05) is 17.6 Å². The van der Waals surface area contributed by atoms with Gasteiger partial charge in [0.15, 0.2) is 0 Å². The topological polar surface area (TPSA) is 73.4 Å². The molecule has 23 heavy (non-hydrogen) atoms. The lowest BCUT2D eigenvalue weighted by Crippen LogP contribution is -2.28. The summed E-state index contributed by atoms with van der Waals surface area (Å²) in [4.78, 5) is 14.7. The second-order valence-corrected chi connectivity index (χ2v) is 6.58. The molecule has 0 saturated carbocycles. The van der Waals surface area contributed by atoms with Gasteiger partial charge >= 0.3 is 6.09 Å². The molecule has 6 nitrogen and oxygen atoms in total. The van der Waals surface area contributed by atoms with Crippen LogP contribution in [-0.4, -0.2) is 39.5 Å². The molecule has 2 rings (SSSR count). The van der Waals surface area contributed by atoms with Crippen LogP contribution in [0.3, 0.4) is 0 Å². The van der Waals surface area contributed by atoms with Gasteiger partial charge in [-0.1, -0.05) is 13.8 Å². The Morgan fingerprint density at radius 3 is 2.52 bits per heavy atom. The predicted molar refractivity (Wildman–Crippen MR) is 92.4 cm³/mol. The summed E-state index contributed by atoms with van der Waals surface area (Å²) in [5.74, 6) is 0. The third-order valence-corrected chi connectivity index (χ3v) is 3.62. The summed E-state index contributed by atoms with van der Waals surface area (Å²) < 4.78 is 6.77. The monoisotopic (exact) mass is 318 g/mol. The van der Waals surface area contributed by atoms with Crippen LogP contribution in [0.25, 0.3) is 10.9 Å². The Bertz CT molecular complexity index is 696. The zero-order chi connectivity index (χ0) is 17.2. The fraction of sp³-hybridized carbons (Fsp3) is 0.529. The van der Waals surface area contributed by atoms with Crippen molar-refractivity contribution < 1.29 is 9.53 Å². The summed E-state index contributed by atoms with van der Waals surface area (Å²) in [5.41, 5.74) is 7.44. The number of nitrogens with zero attached hydrogens (tertiary/aromatic N) is 3. The fourth-order valence-electron chi connectivity index (χ4n) is 2.42. The first-order valence-electron chi connectivity index (χ1n) is 7.98. The number of ether oxygens (including phenoxy) is 1. The Labute approximate surface area is 137 Å². The lowest BCUT2D eigenvalue weighted by molar-refractivity contribution is 0.0521. The highest BCUT2D eigenvalue weighted by molar-refractivity contribution is 5.91. The summed E-state index contributed by atoms with van der Waals surface area (Å²) in [6.45, 7) is 12.2. The van der Waals surface area contributed by atoms with E-state index in [4.69, 9.17) is 10.5 Å². The number of rotatable bonds is 4. The van der Waals surface area contributed by atoms with Gasteiger partial charge in [-0.25, -0.2) is 4.79 Å². The molecule has 0 radical (unpaired) electrons. The largest absolute Gasteiger partial charge is 0.442 e. The first-order valence-corrected chi connectivity index (χ1v) is 7.98. The highest BCUT2D eigenvalue weighted by Crippen LogP contribution is 2.23. The molecule has 1 aromatic carbocycles. The molecular formula is C17H26N4O2. The lowest BCUT2D eigenvalue weighted by atomic mass is 10.2. The molecule has 0 aliphatic carbocycles. The van der Waals surface area contributed by atoms with Gasteiger partial charge in [-0.2, -0.15) is 9.78 Å². The number of carbonyl (C=O) groups is 1. The van der Waals surface area contributed by atoms with E-state index in [9.17, 15) is 4.79 Å². The summed E-state index contributed by atoms with van der Waals surface area (Å²) >= 11 is 0. The molecule has 0 aliphatic heterocycles. The van der Waals surface area contributed by atoms with Crippen LogP contribution in [0, 0.1) is 0 Å². The number of fused-ring (bicyclic) bond motifs is 1. The Kier molecular flexibility index (Phi) is 4.94. The van der Waals surface area contributed by atoms with Crippen LogP contribution in [0.15, 0.2) is 18.2 Å². The predicted octanol–water partition coefficient (Wildman–Crippen LogP) is 3.24. The van der Waals surface area contributed by atoms with E-state index >= 15 is 0 Å². The number of benzene rings is 1. The van der Waals surface area contributed by atoms with Crippen molar-refractivity contribution in [2.24, 2.45) is 0 Å². The van der Waals surface area contributed by atoms with Crippen LogP contribution in [0.1, 0.15) is 40.3 Å². The quantitative estimate of drug-likeness (QED) is 0.876. The van der Waals surface area contributed by atoms with Crippen molar-refractivity contribution in [1.82, 2.24) is 14.7 Å². The van der Waals surface area contributed by atoms with E-state index in [1.165, 1.54) is 4.68 Å². The van der Waals surface area contributed by atoms with Gasteiger partial charge < -0.3 is 10.5 Å². The van der Waals surface area contributed by atoms with Crippen molar-refractivity contribution in [3.8, 4) is 0 Å². The molecule has 2 aromatic rings. The molecule has 0 unspecified atom stereocenters. The van der Waals surface area contributed by atoms with E-state index in [0.29, 0.717) is 17.7 Å². The maximum Gasteiger partial charge on any atom is 0.435 e. The Hall–Kier alpha value is -2.08. The van der Waals surface area contributed by atoms with E-state index in [1.54, 1.807) is 6.07 Å². The maximum atomic E-state index is 12.4. The van der Waals surface area contributed by atoms with Crippen molar-refractivity contribution >= 4 is 22.7 Å². The van der Waals surface area contributed by atoms with Gasteiger partial charge in [0.1, 0.15) is 5.60 Å². The first-order chi connectivity index (χ1) is 10.7. The van der Waals surface area contributed by atoms with Crippen molar-refractivity contribution in [3.63, 3.8) is 0 Å². The van der Waals surface area contributed by atoms with E-state index in [2.05, 4.69) is 23.8 Å². The van der Waals surface area contributed by atoms with Gasteiger partial charge in [0.2, 0.25) is 0 Å². The number of aromatic nitrogens is 2. The molecular weight excluding hydrogens is 292 g/mol. The number of nitrogen functional groups attached to an aromatic ring is 1. The molecule has 0 fully saturated rings. The molecule has 0 aliphatic rings. The van der Waals surface area contributed by atoms with Crippen LogP contribution in [0.4, 0.5) is 10.5 Å². The zero-order valence-corrected chi connectivity index (χ0v) is 14.6. The average molecular weight is 318 g/mol. The maximum absolute atomic E-state index is 12.4. The molecule has 0 amide bonds. The molecule has 126 valence electrons. The number of hydrogen-bond donors (Lipinski definition) is 1. The third-order valence-electron chi connectivity index (χ3n) is 3.62. The van der Waals surface area contributed by atoms with E-state index in [1.807, 2.05) is 32.9 Å². The van der Waals surface area contributed by atoms with Crippen LogP contribution in [0.5, 0.6) is 0 Å². The summed E-state index contributed by atoms with van der Waals surface area (Å²) in [6.07, 6.45) is -0.487. The van der Waals surface area contributed by atoms with E-state index < -0.39 is 11.7 Å². The second kappa shape index (κ2) is 6.58. The molecule has 2 N–H and O–H groups in total. The van der Waals surface area contributed by atoms with Crippen molar-refractivity contribution in [1.29, 1.82) is 0 Å². The van der Waals surface area contributed by atoms with Crippen LogP contribution >= 0.6 is 0 Å². The third kappa shape index (κ3) is 4.01. The number of hydrogen-bond acceptors (Lipinski definition) is 5. The number of nitrogens with two attached hydrogens (primary N) is 1. The van der Waals surface area contributed by atoms with Gasteiger partial charge in [0.05, 0.1) is 11.2 Å². The van der Waals surface area contributed by atoms with E-state index in [-0.39, 0.29) is 0 Å². The summed E-state index contributed by atoms with van der Waals surface area (Å²) in [6, 6.07) is 5.50. The lowest BCUT2D eigenvalue weighted by Gasteiger charge is -2.19. The summed E-state index contributed by atoms with van der Waals surface area (Å²) in [5, 5.41) is 5.42. The minimum absolute atomic E-state index is 0.487. The second-order valence-electron chi connectivity index (χ2n) is 6.58. The number of anilines is 1. The molecule has 0 spiro atoms. The normalized spacial score (nSPS) is 12.1. The van der Waals surface area contributed by atoms with E-state index in [0.717, 1.165) is 24.2 Å². The van der Waals surface area contributed by atoms with Gasteiger partial charge in [0.25, 0.3) is 0 Å². The van der Waals surface area contributed by atoms with Gasteiger partial charge in [-0.3, -0.25) is 4.90 Å². The Balaban J connectivity index is 2.48. The Morgan fingerprint density at radius 2 is 1.96 bits per heavy atom. The average Bonchev–Trinajstić information content (AvgIpc) is 2.80. The SMILES string of the molecule is CCN(CC)Cc1nn(C(=O)OC(C)(C)C)c2cc(N)ccc12. The Morgan fingerprint density at radius 1 is 1.30 bits per heavy atom. The standard InChI is InChI=1S/C17H26N4O2/c1-6-20(7-2)11-14-13-9-8-12(18)10-15(13)21(19-14)16(22)23-17(3,4)5/h8-10H,6-7,11,18H2,1-5H3. The minimum Gasteiger partial charge on any atom is -0.442 e. The molecule has 0 bridgehead atoms. The molecule has 1 aromatic heterocycles. The smallest absolute Gasteiger partial charge is 0.435 e. The molecule has 1 heterocycles. The van der Waals surface area contributed by atoms with Crippen LogP contribution < -0.4 is 5.73 Å². The number of carbonyl (C=O) groups excluding carboxylic acids is 1. The van der Waals surface area contributed by atoms with Crippen LogP contribution in [-0.2, 0) is 11.3 Å². The fourth-order valence-corrected chi connectivity index (χ4v) is 2.42. The molecule has 6 heteroatoms. The van der Waals surface area contributed by atoms with Crippen molar-refractivity contribution in [2.75, 3.05) is 18.8 Å². The molecule has 0 atom stereocenters. The highest BCUT2D eigenvalue weighted by Gasteiger charge is 2.22. The van der Waals surface area contributed by atoms with Gasteiger partial charge in [-0.05, 0) is 52.1 Å². The zero-order valence-electron chi connectivity index (χ0n) is 14.6. The molecule has 0 saturated heterocycles. The summed E-state index contributed by atoms with van der Waals surface area (Å²) in [7, 11) is 0. The van der Waals surface area contributed by atoms with Crippen LogP contribution in [0.2, 0.25) is 0 Å². The van der Waals surface area contributed by atoms with Gasteiger partial charge in [-0.15, -0.1) is 0 Å². The van der Waals surface area contributed by atoms with Crippen molar-refractivity contribution in [2.45, 2.75) is 46.8 Å². The van der Waals surface area contributed by atoms with Crippen molar-refractivity contribution in [3.05, 3.63) is 23.9 Å². The first kappa shape index (κ1) is 17.3. The highest BCUT2D eigenvalue weighted by atomic mass is 16.6. The minimum atomic E-state index is -0.575.